The molecule has 5 aliphatic rings. The predicted molar refractivity (Wildman–Crippen MR) is 301 cm³/mol. The van der Waals surface area contributed by atoms with E-state index in [-0.39, 0.29) is 65.4 Å². The number of thiocarbonyl (C=S) groups is 1. The van der Waals surface area contributed by atoms with Gasteiger partial charge in [0.05, 0.1) is 28.4 Å². The Morgan fingerprint density at radius 3 is 2.12 bits per heavy atom. The van der Waals surface area contributed by atoms with Gasteiger partial charge in [-0.1, -0.05) is 24.3 Å². The third kappa shape index (κ3) is 11.5. The molecule has 1 saturated heterocycles. The Kier molecular flexibility index (Phi) is 15.8. The monoisotopic (exact) mass is 1180 g/mol. The van der Waals surface area contributed by atoms with Crippen molar-refractivity contribution in [2.24, 2.45) is 0 Å². The van der Waals surface area contributed by atoms with Crippen molar-refractivity contribution in [2.75, 3.05) is 24.2 Å². The second kappa shape index (κ2) is 22.7. The largest absolute Gasteiger partial charge is 0.508 e. The van der Waals surface area contributed by atoms with Gasteiger partial charge in [0.1, 0.15) is 65.3 Å². The molecule has 10 rings (SSSR count). The quantitative estimate of drug-likeness (QED) is 0.0799. The number of aliphatic hydroxyl groups excluding tert-OH is 2. The summed E-state index contributed by atoms with van der Waals surface area (Å²) in [5, 5.41) is 76.8. The number of H-pyrrole nitrogens is 1. The van der Waals surface area contributed by atoms with E-state index in [1.165, 1.54) is 58.0 Å². The Hall–Kier alpha value is -8.50. The average Bonchev–Trinajstić information content (AvgIpc) is 1.85. The number of para-hydroxylation sites is 1. The number of rotatable bonds is 6. The van der Waals surface area contributed by atoms with Crippen LogP contribution in [0.3, 0.4) is 0 Å². The number of nitrogens with one attached hydrogen (secondary N) is 9. The molecule has 10 atom stereocenters. The maximum absolute atomic E-state index is 14.9. The van der Waals surface area contributed by atoms with Crippen LogP contribution < -0.4 is 47.3 Å². The highest BCUT2D eigenvalue weighted by Gasteiger charge is 2.54. The number of aromatic hydroxyl groups is 2. The first kappa shape index (κ1) is 57.7. The topological polar surface area (TPSA) is 371 Å². The third-order valence-electron chi connectivity index (χ3n) is 15.2. The van der Waals surface area contributed by atoms with Crippen LogP contribution in [0.4, 0.5) is 5.69 Å². The van der Waals surface area contributed by atoms with E-state index in [0.29, 0.717) is 43.9 Å². The van der Waals surface area contributed by atoms with Crippen LogP contribution in [-0.2, 0) is 50.3 Å². The molecule has 0 saturated carbocycles. The standard InChI is InChI=1S/C56H60N10O15S2/c1-24-45(71)61-38-19-32-31-7-5-6-8-37(31)64-51(32)83-22-40(52(77)66-21-30(70)16-41(66)49(75)59-24)63-50(76)44(26(3)67)65-46(72)25(2)58-48(74)39(62-47(38)73)20-55(4,79)23-57-54(82)60-27-9-12-34-33(15-27)53(78)81-56(34)35-13-10-28(68)17-42(35)80-43-18-29(69)11-14-36(43)56/h5-15,17-18,24-26,30,38-41,44,64,67-70,79H,16,19-23H2,1-4H3,(H,58,74)(H,59,75)(H,61,71)(H,62,73)(H,63,76)(H,65,72)(H2,57,60,82)/t24-,25-,26-,30-,38?,39-,40-,41-,44+,55+/m0/s1. The minimum atomic E-state index is -1.93. The molecule has 4 aromatic carbocycles. The molecule has 5 aliphatic heterocycles. The van der Waals surface area contributed by atoms with Gasteiger partial charge >= 0.3 is 5.97 Å². The normalized spacial score (nSPS) is 25.7. The van der Waals surface area contributed by atoms with Crippen LogP contribution in [0, 0.1) is 0 Å². The second-order valence-electron chi connectivity index (χ2n) is 21.6. The number of carbonyl (C=O) groups excluding carboxylic acids is 8. The lowest BCUT2D eigenvalue weighted by molar-refractivity contribution is -0.142. The molecule has 436 valence electrons. The lowest BCUT2D eigenvalue weighted by Crippen LogP contribution is -2.62. The lowest BCUT2D eigenvalue weighted by Gasteiger charge is -2.36. The van der Waals surface area contributed by atoms with Crippen molar-refractivity contribution < 1.29 is 73.4 Å². The van der Waals surface area contributed by atoms with Gasteiger partial charge in [0.2, 0.25) is 41.4 Å². The van der Waals surface area contributed by atoms with Gasteiger partial charge in [-0.15, -0.1) is 11.8 Å². The third-order valence-corrected chi connectivity index (χ3v) is 16.6. The summed E-state index contributed by atoms with van der Waals surface area (Å²) in [6.45, 7) is 4.50. The Balaban J connectivity index is 0.936. The number of esters is 1. The summed E-state index contributed by atoms with van der Waals surface area (Å²) in [5.41, 5.74) is -0.658. The van der Waals surface area contributed by atoms with E-state index in [4.69, 9.17) is 21.7 Å². The van der Waals surface area contributed by atoms with Crippen LogP contribution in [0.1, 0.15) is 73.1 Å². The van der Waals surface area contributed by atoms with Crippen molar-refractivity contribution in [3.05, 3.63) is 107 Å². The number of phenolic OH excluding ortho intramolecular Hbond substituents is 2. The number of carbonyl (C=O) groups is 8. The minimum Gasteiger partial charge on any atom is -0.508 e. The molecule has 83 heavy (non-hydrogen) atoms. The fraction of sp³-hybridized carbons (Fsp3) is 0.375. The second-order valence-corrected chi connectivity index (χ2v) is 23.0. The molecule has 1 fully saturated rings. The summed E-state index contributed by atoms with van der Waals surface area (Å²) < 4.78 is 12.2. The zero-order valence-corrected chi connectivity index (χ0v) is 46.7. The van der Waals surface area contributed by atoms with Gasteiger partial charge in [-0.2, -0.15) is 0 Å². The number of hydrogen-bond acceptors (Lipinski definition) is 17. The first-order valence-corrected chi connectivity index (χ1v) is 28.0. The van der Waals surface area contributed by atoms with Gasteiger partial charge < -0.3 is 87.4 Å². The van der Waals surface area contributed by atoms with Crippen molar-refractivity contribution in [3.8, 4) is 23.0 Å². The Morgan fingerprint density at radius 2 is 1.43 bits per heavy atom. The number of phenols is 2. The molecule has 1 spiro atoms. The highest BCUT2D eigenvalue weighted by atomic mass is 32.2. The molecule has 25 nitrogen and oxygen atoms in total. The molecule has 27 heteroatoms. The van der Waals surface area contributed by atoms with E-state index in [9.17, 15) is 63.9 Å². The molecule has 5 aromatic rings. The summed E-state index contributed by atoms with van der Waals surface area (Å²) in [6.07, 6.45) is -3.77. The van der Waals surface area contributed by atoms with E-state index in [1.54, 1.807) is 48.5 Å². The molecule has 2 bridgehead atoms. The molecule has 1 aromatic heterocycles. The lowest BCUT2D eigenvalue weighted by atomic mass is 9.77. The zero-order valence-electron chi connectivity index (χ0n) is 45.0. The van der Waals surface area contributed by atoms with Crippen molar-refractivity contribution in [2.45, 2.75) is 118 Å². The number of benzene rings is 4. The summed E-state index contributed by atoms with van der Waals surface area (Å²) in [6, 6.07) is 10.1. The van der Waals surface area contributed by atoms with E-state index in [1.807, 2.05) is 0 Å². The summed E-state index contributed by atoms with van der Waals surface area (Å²) in [7, 11) is 0. The molecule has 1 unspecified atom stereocenters. The highest BCUT2D eigenvalue weighted by Crippen LogP contribution is 2.57. The van der Waals surface area contributed by atoms with E-state index < -0.39 is 119 Å². The number of nitrogens with zero attached hydrogens (tertiary/aromatic N) is 1. The van der Waals surface area contributed by atoms with Crippen LogP contribution in [0.25, 0.3) is 10.9 Å². The summed E-state index contributed by atoms with van der Waals surface area (Å²) >= 11 is 6.70. The number of fused-ring (bicyclic) bond motifs is 11. The van der Waals surface area contributed by atoms with Gasteiger partial charge in [0.25, 0.3) is 0 Å². The van der Waals surface area contributed by atoms with E-state index in [2.05, 4.69) is 47.5 Å². The van der Waals surface area contributed by atoms with Crippen molar-refractivity contribution >= 4 is 93.0 Å². The first-order chi connectivity index (χ1) is 39.4. The van der Waals surface area contributed by atoms with Crippen molar-refractivity contribution in [1.82, 2.24) is 47.1 Å². The van der Waals surface area contributed by atoms with Crippen LogP contribution in [0.15, 0.2) is 83.9 Å². The van der Waals surface area contributed by atoms with Crippen molar-refractivity contribution in [1.29, 1.82) is 0 Å². The SMILES string of the molecule is C[C@@H]1NC(=O)[C@H](C[C@@](C)(O)CNC(=S)Nc2ccc3c(c2)C(=O)OC32c3ccc(O)cc3Oc3cc(O)ccc32)NC(=O)C2Cc3c([nH]c4ccccc34)SC[C@H](NC(=O)[C@@H]([C@H](C)O)NC1=O)C(=O)N1C[C@@H](O)C[C@H]1C(=O)N[C@@H](C)C(=O)N2. The number of anilines is 1. The number of amides is 7. The maximum atomic E-state index is 14.9. The van der Waals surface area contributed by atoms with Gasteiger partial charge in [0, 0.05) is 83.5 Å². The number of thioether (sulfide) groups is 1. The van der Waals surface area contributed by atoms with E-state index >= 15 is 0 Å². The first-order valence-electron chi connectivity index (χ1n) is 26.6. The summed E-state index contributed by atoms with van der Waals surface area (Å²) in [4.78, 5) is 118. The Morgan fingerprint density at radius 1 is 0.795 bits per heavy atom. The number of aromatic amines is 1. The van der Waals surface area contributed by atoms with Crippen molar-refractivity contribution in [3.63, 3.8) is 0 Å². The predicted octanol–water partition coefficient (Wildman–Crippen LogP) is 0.228. The molecular weight excluding hydrogens is 1120 g/mol. The number of ether oxygens (including phenoxy) is 2. The van der Waals surface area contributed by atoms with Gasteiger partial charge in [-0.3, -0.25) is 33.6 Å². The van der Waals surface area contributed by atoms with Gasteiger partial charge in [-0.05, 0) is 87.9 Å². The molecule has 0 aliphatic carbocycles. The fourth-order valence-corrected chi connectivity index (χ4v) is 12.3. The maximum Gasteiger partial charge on any atom is 0.340 e. The number of aromatic nitrogens is 1. The molecule has 0 radical (unpaired) electrons. The average molecular weight is 1180 g/mol. The fourth-order valence-electron chi connectivity index (χ4n) is 11.0. The van der Waals surface area contributed by atoms with Crippen LogP contribution in [-0.4, -0.2) is 167 Å². The number of hydrogen-bond donors (Lipinski definition) is 14. The molecule has 14 N–H and O–H groups in total. The van der Waals surface area contributed by atoms with Crippen LogP contribution >= 0.6 is 24.0 Å². The Bertz CT molecular complexity index is 3470. The minimum absolute atomic E-state index is 0.0570. The Labute approximate surface area is 483 Å². The van der Waals surface area contributed by atoms with Crippen LogP contribution in [0.2, 0.25) is 0 Å². The molecule has 6 heterocycles. The molecular formula is C56H60N10O15S2. The van der Waals surface area contributed by atoms with E-state index in [0.717, 1.165) is 16.7 Å². The van der Waals surface area contributed by atoms with Gasteiger partial charge in [-0.25, -0.2) is 4.79 Å². The van der Waals surface area contributed by atoms with Gasteiger partial charge in [0.15, 0.2) is 10.7 Å². The summed E-state index contributed by atoms with van der Waals surface area (Å²) in [5.74, 6) is -7.10. The molecule has 7 amide bonds. The zero-order chi connectivity index (χ0) is 59.4. The highest BCUT2D eigenvalue weighted by molar-refractivity contribution is 7.99. The number of aliphatic hydroxyl groups is 3. The smallest absolute Gasteiger partial charge is 0.340 e. The van der Waals surface area contributed by atoms with Crippen LogP contribution in [0.5, 0.6) is 23.0 Å².